The van der Waals surface area contributed by atoms with Gasteiger partial charge in [-0.05, 0) is 62.7 Å². The third kappa shape index (κ3) is 3.86. The molecule has 0 aromatic carbocycles. The number of hydrogen-bond acceptors (Lipinski definition) is 4. The molecule has 1 atom stereocenters. The molecule has 0 spiro atoms. The Morgan fingerprint density at radius 3 is 2.58 bits per heavy atom. The van der Waals surface area contributed by atoms with E-state index in [0.29, 0.717) is 6.54 Å². The van der Waals surface area contributed by atoms with Crippen LogP contribution in [0.1, 0.15) is 16.5 Å². The minimum absolute atomic E-state index is 0.223. The zero-order chi connectivity index (χ0) is 13.8. The van der Waals surface area contributed by atoms with Gasteiger partial charge in [-0.2, -0.15) is 0 Å². The van der Waals surface area contributed by atoms with E-state index in [-0.39, 0.29) is 6.04 Å². The van der Waals surface area contributed by atoms with Crippen molar-refractivity contribution in [3.05, 3.63) is 49.3 Å². The summed E-state index contributed by atoms with van der Waals surface area (Å²) in [5.74, 6) is 0. The Morgan fingerprint density at radius 2 is 2.05 bits per heavy atom. The highest BCUT2D eigenvalue weighted by atomic mass is 79.9. The van der Waals surface area contributed by atoms with Crippen LogP contribution in [0.5, 0.6) is 0 Å². The molecule has 2 aromatic heterocycles. The summed E-state index contributed by atoms with van der Waals surface area (Å²) < 4.78 is 2.20. The summed E-state index contributed by atoms with van der Waals surface area (Å²) in [5, 5.41) is 0. The zero-order valence-electron chi connectivity index (χ0n) is 10.5. The molecule has 19 heavy (non-hydrogen) atoms. The highest BCUT2D eigenvalue weighted by Crippen LogP contribution is 2.37. The lowest BCUT2D eigenvalue weighted by molar-refractivity contribution is 0.245. The van der Waals surface area contributed by atoms with Crippen molar-refractivity contribution in [2.24, 2.45) is 5.73 Å². The fourth-order valence-electron chi connectivity index (χ4n) is 1.93. The van der Waals surface area contributed by atoms with Crippen LogP contribution in [0.4, 0.5) is 0 Å². The zero-order valence-corrected chi connectivity index (χ0v) is 14.5. The second kappa shape index (κ2) is 6.95. The van der Waals surface area contributed by atoms with Crippen LogP contribution in [0.15, 0.2) is 38.9 Å². The van der Waals surface area contributed by atoms with Crippen molar-refractivity contribution >= 4 is 43.2 Å². The minimum Gasteiger partial charge on any atom is -0.329 e. The van der Waals surface area contributed by atoms with E-state index in [4.69, 9.17) is 5.73 Å². The molecule has 0 amide bonds. The second-order valence-electron chi connectivity index (χ2n) is 4.29. The monoisotopic (exact) mass is 403 g/mol. The smallest absolute Gasteiger partial charge is 0.0843 e. The van der Waals surface area contributed by atoms with Gasteiger partial charge in [-0.15, -0.1) is 11.3 Å². The molecule has 0 aliphatic rings. The van der Waals surface area contributed by atoms with Gasteiger partial charge in [0.1, 0.15) is 0 Å². The number of pyridine rings is 1. The normalized spacial score (nSPS) is 12.9. The predicted octanol–water partition coefficient (Wildman–Crippen LogP) is 3.80. The van der Waals surface area contributed by atoms with Gasteiger partial charge in [0.25, 0.3) is 0 Å². The lowest BCUT2D eigenvalue weighted by Gasteiger charge is -2.26. The van der Waals surface area contributed by atoms with Crippen LogP contribution in [-0.2, 0) is 6.54 Å². The molecule has 1 unspecified atom stereocenters. The van der Waals surface area contributed by atoms with Gasteiger partial charge in [0.15, 0.2) is 0 Å². The van der Waals surface area contributed by atoms with Crippen molar-refractivity contribution in [2.75, 3.05) is 13.6 Å². The summed E-state index contributed by atoms with van der Waals surface area (Å²) in [5.41, 5.74) is 7.18. The molecule has 0 saturated heterocycles. The van der Waals surface area contributed by atoms with Gasteiger partial charge in [0, 0.05) is 34.8 Å². The summed E-state index contributed by atoms with van der Waals surface area (Å²) in [6.07, 6.45) is 3.64. The highest BCUT2D eigenvalue weighted by molar-refractivity contribution is 9.13. The number of thiophene rings is 1. The molecule has 6 heteroatoms. The van der Waals surface area contributed by atoms with E-state index in [0.717, 1.165) is 14.8 Å². The summed E-state index contributed by atoms with van der Waals surface area (Å²) in [4.78, 5) is 7.56. The first kappa shape index (κ1) is 15.1. The molecule has 0 bridgehead atoms. The molecule has 0 fully saturated rings. The van der Waals surface area contributed by atoms with Crippen LogP contribution >= 0.6 is 43.2 Å². The predicted molar refractivity (Wildman–Crippen MR) is 87.2 cm³/mol. The number of likely N-dealkylation sites (N-methyl/N-ethyl adjacent to an activating group) is 1. The number of nitrogens with two attached hydrogens (primary N) is 1. The summed E-state index contributed by atoms with van der Waals surface area (Å²) in [6, 6.07) is 6.42. The molecule has 2 rings (SSSR count). The van der Waals surface area contributed by atoms with Crippen molar-refractivity contribution in [2.45, 2.75) is 12.6 Å². The molecule has 0 aliphatic heterocycles. The van der Waals surface area contributed by atoms with E-state index in [1.54, 1.807) is 11.3 Å². The van der Waals surface area contributed by atoms with Gasteiger partial charge in [0.2, 0.25) is 0 Å². The summed E-state index contributed by atoms with van der Waals surface area (Å²) in [6.45, 7) is 1.46. The van der Waals surface area contributed by atoms with Crippen LogP contribution in [0.2, 0.25) is 0 Å². The third-order valence-corrected chi connectivity index (χ3v) is 6.29. The van der Waals surface area contributed by atoms with Gasteiger partial charge in [-0.25, -0.2) is 0 Å². The number of rotatable bonds is 5. The molecule has 0 radical (unpaired) electrons. The summed E-state index contributed by atoms with van der Waals surface area (Å²) >= 11 is 8.78. The van der Waals surface area contributed by atoms with Gasteiger partial charge in [-0.1, -0.05) is 0 Å². The quantitative estimate of drug-likeness (QED) is 0.823. The molecule has 2 N–H and O–H groups in total. The Labute approximate surface area is 134 Å². The van der Waals surface area contributed by atoms with Gasteiger partial charge < -0.3 is 5.73 Å². The molecular weight excluding hydrogens is 390 g/mol. The Hall–Kier alpha value is -0.270. The van der Waals surface area contributed by atoms with Crippen molar-refractivity contribution in [1.82, 2.24) is 9.88 Å². The standard InChI is InChI=1S/C13H15Br2N3S/c1-18(8-9-2-4-17-5-3-9)11(7-16)12-6-10(14)13(15)19-12/h2-6,11H,7-8,16H2,1H3. The summed E-state index contributed by atoms with van der Waals surface area (Å²) in [7, 11) is 2.10. The first-order valence-corrected chi connectivity index (χ1v) is 8.26. The Morgan fingerprint density at radius 1 is 1.37 bits per heavy atom. The van der Waals surface area contributed by atoms with E-state index >= 15 is 0 Å². The van der Waals surface area contributed by atoms with Gasteiger partial charge in [0.05, 0.1) is 9.83 Å². The molecule has 2 heterocycles. The van der Waals surface area contributed by atoms with Crippen molar-refractivity contribution < 1.29 is 0 Å². The Kier molecular flexibility index (Phi) is 5.53. The average Bonchev–Trinajstić information content (AvgIpc) is 2.71. The van der Waals surface area contributed by atoms with E-state index in [2.05, 4.69) is 54.9 Å². The van der Waals surface area contributed by atoms with E-state index in [9.17, 15) is 0 Å². The third-order valence-electron chi connectivity index (χ3n) is 2.93. The number of halogens is 2. The van der Waals surface area contributed by atoms with E-state index < -0.39 is 0 Å². The number of nitrogens with zero attached hydrogens (tertiary/aromatic N) is 2. The second-order valence-corrected chi connectivity index (χ2v) is 7.55. The van der Waals surface area contributed by atoms with Crippen LogP contribution in [0, 0.1) is 0 Å². The van der Waals surface area contributed by atoms with Gasteiger partial charge in [-0.3, -0.25) is 9.88 Å². The fourth-order valence-corrected chi connectivity index (χ4v) is 4.20. The maximum Gasteiger partial charge on any atom is 0.0843 e. The SMILES string of the molecule is CN(Cc1ccncc1)C(CN)c1cc(Br)c(Br)s1. The van der Waals surface area contributed by atoms with Crippen LogP contribution < -0.4 is 5.73 Å². The fraction of sp³-hybridized carbons (Fsp3) is 0.308. The molecular formula is C13H15Br2N3S. The Balaban J connectivity index is 2.13. The first-order valence-electron chi connectivity index (χ1n) is 5.85. The van der Waals surface area contributed by atoms with Crippen LogP contribution in [-0.4, -0.2) is 23.5 Å². The minimum atomic E-state index is 0.223. The molecule has 0 saturated carbocycles. The van der Waals surface area contributed by atoms with E-state index in [1.807, 2.05) is 24.5 Å². The Bertz CT molecular complexity index is 510. The highest BCUT2D eigenvalue weighted by Gasteiger charge is 2.19. The average molecular weight is 405 g/mol. The van der Waals surface area contributed by atoms with Crippen LogP contribution in [0.25, 0.3) is 0 Å². The number of aromatic nitrogens is 1. The number of hydrogen-bond donors (Lipinski definition) is 1. The van der Waals surface area contributed by atoms with Crippen molar-refractivity contribution in [3.63, 3.8) is 0 Å². The molecule has 3 nitrogen and oxygen atoms in total. The van der Waals surface area contributed by atoms with E-state index in [1.165, 1.54) is 10.4 Å². The van der Waals surface area contributed by atoms with Crippen molar-refractivity contribution in [3.8, 4) is 0 Å². The van der Waals surface area contributed by atoms with Crippen LogP contribution in [0.3, 0.4) is 0 Å². The molecule has 102 valence electrons. The lowest BCUT2D eigenvalue weighted by atomic mass is 10.2. The maximum atomic E-state index is 5.94. The largest absolute Gasteiger partial charge is 0.329 e. The maximum absolute atomic E-state index is 5.94. The molecule has 0 aliphatic carbocycles. The van der Waals surface area contributed by atoms with Crippen molar-refractivity contribution in [1.29, 1.82) is 0 Å². The lowest BCUT2D eigenvalue weighted by Crippen LogP contribution is -2.29. The topological polar surface area (TPSA) is 42.2 Å². The molecule has 2 aromatic rings. The van der Waals surface area contributed by atoms with Gasteiger partial charge >= 0.3 is 0 Å². The first-order chi connectivity index (χ1) is 9.11.